The number of barbiturate groups is 1. The topological polar surface area (TPSA) is 105 Å². The maximum Gasteiger partial charge on any atom is 0.335 e. The second-order valence-corrected chi connectivity index (χ2v) is 9.11. The summed E-state index contributed by atoms with van der Waals surface area (Å²) >= 11 is 12.3. The zero-order valence-corrected chi connectivity index (χ0v) is 21.3. The lowest BCUT2D eigenvalue weighted by molar-refractivity contribution is -0.122. The fourth-order valence-electron chi connectivity index (χ4n) is 3.56. The Kier molecular flexibility index (Phi) is 7.61. The van der Waals surface area contributed by atoms with Crippen LogP contribution in [0.4, 0.5) is 16.2 Å². The summed E-state index contributed by atoms with van der Waals surface area (Å²) in [6, 6.07) is 15.4. The Morgan fingerprint density at radius 1 is 1.00 bits per heavy atom. The van der Waals surface area contributed by atoms with Gasteiger partial charge in [-0.15, -0.1) is 0 Å². The number of hydrogen-bond acceptors (Lipinski definition) is 5. The van der Waals surface area contributed by atoms with E-state index < -0.39 is 17.8 Å². The maximum atomic E-state index is 13.0. The van der Waals surface area contributed by atoms with Crippen LogP contribution in [-0.2, 0) is 14.4 Å². The molecule has 0 aromatic heterocycles. The number of benzene rings is 3. The molecule has 0 atom stereocenters. The van der Waals surface area contributed by atoms with E-state index in [9.17, 15) is 19.2 Å². The summed E-state index contributed by atoms with van der Waals surface area (Å²) in [6.07, 6.45) is 1.31. The third kappa shape index (κ3) is 5.99. The standard InChI is InChI=1S/C27H21Cl2N3O5/c1-15-6-8-19(10-16(15)2)30-24(33)14-37-23-9-7-17(12-22(23)29)11-21-25(34)31-27(36)32(26(21)35)20-5-3-4-18(28)13-20/h3-13H,14H2,1-2H3,(H,30,33)(H,31,34,36)/b21-11+. The molecule has 188 valence electrons. The van der Waals surface area contributed by atoms with Crippen LogP contribution in [0.1, 0.15) is 16.7 Å². The number of hydrogen-bond donors (Lipinski definition) is 2. The summed E-state index contributed by atoms with van der Waals surface area (Å²) in [7, 11) is 0. The van der Waals surface area contributed by atoms with Crippen molar-refractivity contribution in [2.75, 3.05) is 16.8 Å². The Bertz CT molecular complexity index is 1470. The van der Waals surface area contributed by atoms with Gasteiger partial charge in [0.25, 0.3) is 17.7 Å². The number of nitrogens with zero attached hydrogens (tertiary/aromatic N) is 1. The molecule has 1 aliphatic heterocycles. The van der Waals surface area contributed by atoms with E-state index >= 15 is 0 Å². The van der Waals surface area contributed by atoms with Gasteiger partial charge in [-0.3, -0.25) is 19.7 Å². The molecule has 0 spiro atoms. The first-order valence-electron chi connectivity index (χ1n) is 11.1. The Morgan fingerprint density at radius 2 is 1.78 bits per heavy atom. The molecule has 0 unspecified atom stereocenters. The normalized spacial score (nSPS) is 14.5. The number of nitrogens with one attached hydrogen (secondary N) is 2. The first-order valence-corrected chi connectivity index (χ1v) is 11.8. The summed E-state index contributed by atoms with van der Waals surface area (Å²) in [5, 5.41) is 5.40. The van der Waals surface area contributed by atoms with Crippen LogP contribution in [0.2, 0.25) is 10.0 Å². The van der Waals surface area contributed by atoms with Crippen molar-refractivity contribution >= 4 is 64.4 Å². The second kappa shape index (κ2) is 10.9. The maximum absolute atomic E-state index is 13.0. The van der Waals surface area contributed by atoms with Gasteiger partial charge < -0.3 is 10.1 Å². The van der Waals surface area contributed by atoms with E-state index in [1.54, 1.807) is 24.3 Å². The smallest absolute Gasteiger partial charge is 0.335 e. The van der Waals surface area contributed by atoms with E-state index in [1.165, 1.54) is 30.3 Å². The zero-order valence-electron chi connectivity index (χ0n) is 19.8. The molecule has 2 N–H and O–H groups in total. The van der Waals surface area contributed by atoms with Gasteiger partial charge in [-0.25, -0.2) is 9.69 Å². The molecule has 1 saturated heterocycles. The van der Waals surface area contributed by atoms with Gasteiger partial charge in [0.2, 0.25) is 0 Å². The number of anilines is 2. The number of imide groups is 2. The third-order valence-corrected chi connectivity index (χ3v) is 6.11. The lowest BCUT2D eigenvalue weighted by atomic mass is 10.1. The van der Waals surface area contributed by atoms with Crippen molar-refractivity contribution in [2.45, 2.75) is 13.8 Å². The molecule has 0 radical (unpaired) electrons. The lowest BCUT2D eigenvalue weighted by Crippen LogP contribution is -2.54. The van der Waals surface area contributed by atoms with Crippen molar-refractivity contribution in [1.82, 2.24) is 5.32 Å². The zero-order chi connectivity index (χ0) is 26.7. The number of amides is 5. The average molecular weight is 538 g/mol. The number of halogens is 2. The molecule has 1 aliphatic rings. The Morgan fingerprint density at radius 3 is 2.49 bits per heavy atom. The number of urea groups is 1. The molecular formula is C27H21Cl2N3O5. The van der Waals surface area contributed by atoms with Crippen LogP contribution in [0.15, 0.2) is 66.2 Å². The summed E-state index contributed by atoms with van der Waals surface area (Å²) in [6.45, 7) is 3.66. The van der Waals surface area contributed by atoms with Crippen molar-refractivity contribution in [3.05, 3.63) is 93.0 Å². The van der Waals surface area contributed by atoms with Gasteiger partial charge in [0.05, 0.1) is 10.7 Å². The SMILES string of the molecule is Cc1ccc(NC(=O)COc2ccc(/C=C3\C(=O)NC(=O)N(c4cccc(Cl)c4)C3=O)cc2Cl)cc1C. The van der Waals surface area contributed by atoms with Gasteiger partial charge >= 0.3 is 6.03 Å². The molecule has 4 rings (SSSR count). The average Bonchev–Trinajstić information content (AvgIpc) is 2.83. The van der Waals surface area contributed by atoms with E-state index in [0.717, 1.165) is 16.0 Å². The second-order valence-electron chi connectivity index (χ2n) is 8.26. The van der Waals surface area contributed by atoms with Crippen LogP contribution >= 0.6 is 23.2 Å². The molecule has 37 heavy (non-hydrogen) atoms. The van der Waals surface area contributed by atoms with Crippen LogP contribution in [0.5, 0.6) is 5.75 Å². The molecule has 0 saturated carbocycles. The highest BCUT2D eigenvalue weighted by Crippen LogP contribution is 2.28. The van der Waals surface area contributed by atoms with Gasteiger partial charge in [-0.2, -0.15) is 0 Å². The largest absolute Gasteiger partial charge is 0.482 e. The number of carbonyl (C=O) groups excluding carboxylic acids is 4. The van der Waals surface area contributed by atoms with Crippen LogP contribution in [-0.4, -0.2) is 30.4 Å². The lowest BCUT2D eigenvalue weighted by Gasteiger charge is -2.26. The Labute approximate surface area is 222 Å². The molecule has 8 nitrogen and oxygen atoms in total. The molecule has 1 heterocycles. The van der Waals surface area contributed by atoms with Gasteiger partial charge in [0.1, 0.15) is 11.3 Å². The first kappa shape index (κ1) is 25.9. The van der Waals surface area contributed by atoms with Crippen molar-refractivity contribution in [2.24, 2.45) is 0 Å². The van der Waals surface area contributed by atoms with Crippen LogP contribution in [0.25, 0.3) is 6.08 Å². The van der Waals surface area contributed by atoms with Gasteiger partial charge in [-0.1, -0.05) is 41.4 Å². The van der Waals surface area contributed by atoms with Gasteiger partial charge in [-0.05, 0) is 79.1 Å². The molecule has 0 aliphatic carbocycles. The fourth-order valence-corrected chi connectivity index (χ4v) is 3.99. The number of aryl methyl sites for hydroxylation is 2. The highest BCUT2D eigenvalue weighted by Gasteiger charge is 2.36. The van der Waals surface area contributed by atoms with Crippen molar-refractivity contribution in [3.8, 4) is 5.75 Å². The molecule has 3 aromatic carbocycles. The minimum absolute atomic E-state index is 0.166. The molecule has 1 fully saturated rings. The Balaban J connectivity index is 1.47. The Hall–Kier alpha value is -4.14. The summed E-state index contributed by atoms with van der Waals surface area (Å²) < 4.78 is 5.54. The van der Waals surface area contributed by atoms with Gasteiger partial charge in [0, 0.05) is 10.7 Å². The first-order chi connectivity index (χ1) is 17.6. The quantitative estimate of drug-likeness (QED) is 0.328. The van der Waals surface area contributed by atoms with Gasteiger partial charge in [0.15, 0.2) is 6.61 Å². The van der Waals surface area contributed by atoms with Crippen molar-refractivity contribution in [1.29, 1.82) is 0 Å². The predicted octanol–water partition coefficient (Wildman–Crippen LogP) is 5.29. The van der Waals surface area contributed by atoms with Crippen molar-refractivity contribution < 1.29 is 23.9 Å². The highest BCUT2D eigenvalue weighted by molar-refractivity contribution is 6.39. The summed E-state index contributed by atoms with van der Waals surface area (Å²) in [4.78, 5) is 50.9. The number of ether oxygens (including phenoxy) is 1. The molecule has 10 heteroatoms. The highest BCUT2D eigenvalue weighted by atomic mass is 35.5. The number of carbonyl (C=O) groups is 4. The third-order valence-electron chi connectivity index (χ3n) is 5.58. The summed E-state index contributed by atoms with van der Waals surface area (Å²) in [5.41, 5.74) is 3.19. The van der Waals surface area contributed by atoms with E-state index in [0.29, 0.717) is 16.3 Å². The molecule has 0 bridgehead atoms. The van der Waals surface area contributed by atoms with Crippen LogP contribution < -0.4 is 20.3 Å². The monoisotopic (exact) mass is 537 g/mol. The van der Waals surface area contributed by atoms with Crippen LogP contribution in [0, 0.1) is 13.8 Å². The van der Waals surface area contributed by atoms with Crippen LogP contribution in [0.3, 0.4) is 0 Å². The molecular weight excluding hydrogens is 517 g/mol. The predicted molar refractivity (Wildman–Crippen MR) is 142 cm³/mol. The van der Waals surface area contributed by atoms with E-state index in [4.69, 9.17) is 27.9 Å². The van der Waals surface area contributed by atoms with E-state index in [1.807, 2.05) is 26.0 Å². The van der Waals surface area contributed by atoms with Crippen molar-refractivity contribution in [3.63, 3.8) is 0 Å². The van der Waals surface area contributed by atoms with E-state index in [2.05, 4.69) is 10.6 Å². The van der Waals surface area contributed by atoms with E-state index in [-0.39, 0.29) is 34.5 Å². The number of rotatable bonds is 6. The summed E-state index contributed by atoms with van der Waals surface area (Å²) in [5.74, 6) is -1.77. The molecule has 5 amide bonds. The minimum Gasteiger partial charge on any atom is -0.482 e. The molecule has 3 aromatic rings. The fraction of sp³-hybridized carbons (Fsp3) is 0.111. The minimum atomic E-state index is -0.879.